The summed E-state index contributed by atoms with van der Waals surface area (Å²) in [5, 5.41) is 13.0. The molecule has 2 aromatic rings. The molecule has 0 fully saturated rings. The van der Waals surface area contributed by atoms with E-state index in [9.17, 15) is 0 Å². The largest absolute Gasteiger partial charge is 0.497 e. The molecule has 0 aliphatic carbocycles. The average Bonchev–Trinajstić information content (AvgIpc) is 2.91. The molecule has 1 aromatic carbocycles. The fraction of sp³-hybridized carbons (Fsp3) is 0.133. The molecule has 0 spiro atoms. The molecular formula is C15H14N4O2. The number of methoxy groups -OCH3 is 1. The first kappa shape index (κ1) is 14.3. The Balaban J connectivity index is 2.13. The van der Waals surface area contributed by atoms with E-state index < -0.39 is 0 Å². The van der Waals surface area contributed by atoms with Crippen LogP contribution in [0.15, 0.2) is 40.4 Å². The molecule has 1 N–H and O–H groups in total. The van der Waals surface area contributed by atoms with Crippen molar-refractivity contribution in [2.45, 2.75) is 6.92 Å². The van der Waals surface area contributed by atoms with Crippen LogP contribution in [0.2, 0.25) is 0 Å². The first-order valence-corrected chi connectivity index (χ1v) is 6.14. The summed E-state index contributed by atoms with van der Waals surface area (Å²) in [7, 11) is 1.60. The number of aromatic nitrogens is 1. The Hall–Kier alpha value is -3.07. The van der Waals surface area contributed by atoms with Gasteiger partial charge < -0.3 is 9.15 Å². The number of anilines is 1. The number of nitrogens with zero attached hydrogens (tertiary/aromatic N) is 3. The van der Waals surface area contributed by atoms with Gasteiger partial charge >= 0.3 is 0 Å². The Labute approximate surface area is 122 Å². The van der Waals surface area contributed by atoms with E-state index in [0.29, 0.717) is 11.5 Å². The van der Waals surface area contributed by atoms with Crippen LogP contribution in [0.5, 0.6) is 5.75 Å². The number of hydrogen-bond acceptors (Lipinski definition) is 6. The van der Waals surface area contributed by atoms with Crippen LogP contribution >= 0.6 is 0 Å². The van der Waals surface area contributed by atoms with E-state index >= 15 is 0 Å². The second kappa shape index (κ2) is 6.39. The van der Waals surface area contributed by atoms with Crippen molar-refractivity contribution in [3.05, 3.63) is 48.0 Å². The van der Waals surface area contributed by atoms with Crippen LogP contribution in [0.1, 0.15) is 24.1 Å². The van der Waals surface area contributed by atoms with Crippen LogP contribution in [0.3, 0.4) is 0 Å². The number of oxazole rings is 1. The minimum Gasteiger partial charge on any atom is -0.497 e. The normalized spacial score (nSPS) is 10.3. The summed E-state index contributed by atoms with van der Waals surface area (Å²) >= 11 is 0. The minimum atomic E-state index is 0.135. The number of hydrogen-bond donors (Lipinski definition) is 1. The first-order chi connectivity index (χ1) is 10.1. The fourth-order valence-corrected chi connectivity index (χ4v) is 1.54. The maximum atomic E-state index is 8.99. The lowest BCUT2D eigenvalue weighted by Crippen LogP contribution is -1.92. The summed E-state index contributed by atoms with van der Waals surface area (Å²) in [6.07, 6.45) is 1.59. The molecule has 0 unspecified atom stereocenters. The molecule has 0 radical (unpaired) electrons. The molecule has 6 nitrogen and oxygen atoms in total. The predicted octanol–water partition coefficient (Wildman–Crippen LogP) is 3.03. The third-order valence-corrected chi connectivity index (χ3v) is 2.57. The highest BCUT2D eigenvalue weighted by atomic mass is 16.5. The second-order valence-electron chi connectivity index (χ2n) is 4.24. The van der Waals surface area contributed by atoms with Crippen molar-refractivity contribution in [3.8, 4) is 11.8 Å². The molecule has 21 heavy (non-hydrogen) atoms. The average molecular weight is 282 g/mol. The zero-order valence-corrected chi connectivity index (χ0v) is 11.8. The van der Waals surface area contributed by atoms with Crippen LogP contribution in [0.4, 0.5) is 5.88 Å². The molecule has 6 heteroatoms. The molecule has 0 saturated carbocycles. The van der Waals surface area contributed by atoms with Gasteiger partial charge in [0.15, 0.2) is 0 Å². The maximum Gasteiger partial charge on any atom is 0.252 e. The fourth-order valence-electron chi connectivity index (χ4n) is 1.54. The van der Waals surface area contributed by atoms with Crippen molar-refractivity contribution in [3.63, 3.8) is 0 Å². The second-order valence-corrected chi connectivity index (χ2v) is 4.24. The Morgan fingerprint density at radius 1 is 1.57 bits per heavy atom. The third kappa shape index (κ3) is 3.48. The molecule has 1 heterocycles. The van der Waals surface area contributed by atoms with E-state index in [1.54, 1.807) is 20.2 Å². The van der Waals surface area contributed by atoms with Gasteiger partial charge in [0.2, 0.25) is 11.6 Å². The summed E-state index contributed by atoms with van der Waals surface area (Å²) in [5.74, 6) is 1.24. The van der Waals surface area contributed by atoms with Crippen molar-refractivity contribution in [2.24, 2.45) is 5.10 Å². The number of allylic oxidation sites excluding steroid dienone is 1. The van der Waals surface area contributed by atoms with Crippen molar-refractivity contribution < 1.29 is 9.15 Å². The highest BCUT2D eigenvalue weighted by molar-refractivity contribution is 5.80. The molecule has 0 atom stereocenters. The molecule has 1 aromatic heterocycles. The first-order valence-electron chi connectivity index (χ1n) is 6.14. The standard InChI is InChI=1S/C15H14N4O2/c1-10(2)14-18-13(8-16)15(21-14)19-17-9-11-5-4-6-12(7-11)20-3/h4-7,9,19H,1H2,2-3H3. The number of hydrazone groups is 1. The van der Waals surface area contributed by atoms with Gasteiger partial charge in [0.05, 0.1) is 13.3 Å². The number of nitrogens with one attached hydrogen (secondary N) is 1. The Morgan fingerprint density at radius 3 is 3.05 bits per heavy atom. The van der Waals surface area contributed by atoms with Gasteiger partial charge in [-0.05, 0) is 24.6 Å². The minimum absolute atomic E-state index is 0.135. The van der Waals surface area contributed by atoms with E-state index in [2.05, 4.69) is 22.1 Å². The van der Waals surface area contributed by atoms with Gasteiger partial charge in [0, 0.05) is 5.57 Å². The van der Waals surface area contributed by atoms with E-state index in [0.717, 1.165) is 11.3 Å². The topological polar surface area (TPSA) is 83.4 Å². The SMILES string of the molecule is C=C(C)c1nc(C#N)c(NN=Cc2cccc(OC)c2)o1. The molecular weight excluding hydrogens is 268 g/mol. The number of rotatable bonds is 5. The Bertz CT molecular complexity index is 726. The van der Waals surface area contributed by atoms with Gasteiger partial charge in [-0.15, -0.1) is 0 Å². The number of nitriles is 1. The lowest BCUT2D eigenvalue weighted by Gasteiger charge is -1.99. The lowest BCUT2D eigenvalue weighted by molar-refractivity contribution is 0.415. The van der Waals surface area contributed by atoms with Gasteiger partial charge in [-0.25, -0.2) is 5.43 Å². The van der Waals surface area contributed by atoms with Gasteiger partial charge in [0.1, 0.15) is 11.8 Å². The van der Waals surface area contributed by atoms with E-state index in [1.807, 2.05) is 30.3 Å². The van der Waals surface area contributed by atoms with E-state index in [4.69, 9.17) is 14.4 Å². The summed E-state index contributed by atoms with van der Waals surface area (Å²) in [6, 6.07) is 9.34. The monoisotopic (exact) mass is 282 g/mol. The van der Waals surface area contributed by atoms with Gasteiger partial charge in [-0.1, -0.05) is 18.7 Å². The van der Waals surface area contributed by atoms with Crippen LogP contribution in [0.25, 0.3) is 5.57 Å². The summed E-state index contributed by atoms with van der Waals surface area (Å²) in [5.41, 5.74) is 4.28. The summed E-state index contributed by atoms with van der Waals surface area (Å²) < 4.78 is 10.5. The molecule has 0 saturated heterocycles. The molecule has 2 rings (SSSR count). The van der Waals surface area contributed by atoms with Crippen LogP contribution in [0, 0.1) is 11.3 Å². The quantitative estimate of drug-likeness (QED) is 0.673. The van der Waals surface area contributed by atoms with Crippen LogP contribution in [-0.4, -0.2) is 18.3 Å². The van der Waals surface area contributed by atoms with E-state index in [1.165, 1.54) is 0 Å². The molecule has 106 valence electrons. The summed E-state index contributed by atoms with van der Waals surface area (Å²) in [4.78, 5) is 4.00. The van der Waals surface area contributed by atoms with Crippen molar-refractivity contribution >= 4 is 17.7 Å². The van der Waals surface area contributed by atoms with Gasteiger partial charge in [0.25, 0.3) is 5.88 Å². The molecule has 0 amide bonds. The van der Waals surface area contributed by atoms with E-state index in [-0.39, 0.29) is 11.6 Å². The highest BCUT2D eigenvalue weighted by Gasteiger charge is 2.12. The third-order valence-electron chi connectivity index (χ3n) is 2.57. The highest BCUT2D eigenvalue weighted by Crippen LogP contribution is 2.20. The van der Waals surface area contributed by atoms with Gasteiger partial charge in [-0.3, -0.25) is 0 Å². The zero-order chi connectivity index (χ0) is 15.2. The van der Waals surface area contributed by atoms with Gasteiger partial charge in [-0.2, -0.15) is 15.3 Å². The van der Waals surface area contributed by atoms with Crippen LogP contribution < -0.4 is 10.2 Å². The Morgan fingerprint density at radius 2 is 2.38 bits per heavy atom. The smallest absolute Gasteiger partial charge is 0.252 e. The molecule has 0 aliphatic heterocycles. The predicted molar refractivity (Wildman–Crippen MR) is 80.1 cm³/mol. The summed E-state index contributed by atoms with van der Waals surface area (Å²) in [6.45, 7) is 5.46. The van der Waals surface area contributed by atoms with Crippen molar-refractivity contribution in [1.29, 1.82) is 5.26 Å². The number of benzene rings is 1. The molecule has 0 aliphatic rings. The van der Waals surface area contributed by atoms with Crippen LogP contribution in [-0.2, 0) is 0 Å². The Kier molecular flexibility index (Phi) is 4.36. The lowest BCUT2D eigenvalue weighted by atomic mass is 10.2. The zero-order valence-electron chi connectivity index (χ0n) is 11.8. The maximum absolute atomic E-state index is 8.99. The van der Waals surface area contributed by atoms with Crippen molar-refractivity contribution in [2.75, 3.05) is 12.5 Å². The number of ether oxygens (including phenoxy) is 1. The molecule has 0 bridgehead atoms. The van der Waals surface area contributed by atoms with Crippen molar-refractivity contribution in [1.82, 2.24) is 4.98 Å².